The average Bonchev–Trinajstić information content (AvgIpc) is 3.41. The van der Waals surface area contributed by atoms with E-state index in [1.807, 2.05) is 0 Å². The summed E-state index contributed by atoms with van der Waals surface area (Å²) < 4.78 is 54.7. The molecule has 2 saturated heterocycles. The van der Waals surface area contributed by atoms with Crippen LogP contribution in [0.3, 0.4) is 0 Å². The van der Waals surface area contributed by atoms with Crippen molar-refractivity contribution in [1.29, 1.82) is 0 Å². The molecule has 0 bridgehead atoms. The maximum atomic E-state index is 12.8. The molecule has 2 aromatic carbocycles. The number of nitrogens with zero attached hydrogens (tertiary/aromatic N) is 2. The first kappa shape index (κ1) is 26.3. The Hall–Kier alpha value is -1.79. The van der Waals surface area contributed by atoms with Crippen LogP contribution in [-0.2, 0) is 31.3 Å². The summed E-state index contributed by atoms with van der Waals surface area (Å²) in [6.45, 7) is 2.21. The largest absolute Gasteiger partial charge is 0.356 e. The van der Waals surface area contributed by atoms with E-state index in [4.69, 9.17) is 0 Å². The highest BCUT2D eigenvalue weighted by molar-refractivity contribution is 9.10. The second-order valence-corrected chi connectivity index (χ2v) is 13.7. The van der Waals surface area contributed by atoms with Crippen LogP contribution in [0.4, 0.5) is 0 Å². The number of hydrogen-bond acceptors (Lipinski definition) is 5. The van der Waals surface area contributed by atoms with Gasteiger partial charge in [-0.25, -0.2) is 16.8 Å². The summed E-state index contributed by atoms with van der Waals surface area (Å²) in [7, 11) is -6.99. The molecule has 2 aromatic rings. The Labute approximate surface area is 215 Å². The summed E-state index contributed by atoms with van der Waals surface area (Å²) in [5, 5.41) is 2.94. The normalized spacial score (nSPS) is 18.5. The van der Waals surface area contributed by atoms with Crippen molar-refractivity contribution in [3.63, 3.8) is 0 Å². The van der Waals surface area contributed by atoms with Gasteiger partial charge < -0.3 is 5.32 Å². The van der Waals surface area contributed by atoms with Crippen LogP contribution in [-0.4, -0.2) is 64.1 Å². The summed E-state index contributed by atoms with van der Waals surface area (Å²) in [4.78, 5) is 13.2. The Kier molecular flexibility index (Phi) is 8.32. The van der Waals surface area contributed by atoms with Crippen molar-refractivity contribution in [2.45, 2.75) is 41.9 Å². The van der Waals surface area contributed by atoms with Crippen molar-refractivity contribution < 1.29 is 21.6 Å². The first-order valence-corrected chi connectivity index (χ1v) is 15.5. The van der Waals surface area contributed by atoms with E-state index in [1.165, 1.54) is 8.61 Å². The molecule has 0 spiro atoms. The number of carbonyl (C=O) groups excluding carboxylic acids is 1. The molecule has 8 nitrogen and oxygen atoms in total. The van der Waals surface area contributed by atoms with E-state index in [9.17, 15) is 21.6 Å². The number of sulfonamides is 2. The summed E-state index contributed by atoms with van der Waals surface area (Å²) in [6.07, 6.45) is 3.34. The second-order valence-electron chi connectivity index (χ2n) is 8.93. The van der Waals surface area contributed by atoms with Crippen LogP contribution >= 0.6 is 15.9 Å². The number of benzene rings is 2. The number of halogens is 1. The zero-order valence-electron chi connectivity index (χ0n) is 19.4. The summed E-state index contributed by atoms with van der Waals surface area (Å²) in [6, 6.07) is 13.4. The number of carbonyl (C=O) groups is 1. The minimum atomic E-state index is -3.57. The molecular formula is C24H30BrN3O5S2. The van der Waals surface area contributed by atoms with Gasteiger partial charge in [-0.1, -0.05) is 28.1 Å². The van der Waals surface area contributed by atoms with Gasteiger partial charge in [0.25, 0.3) is 0 Å². The lowest BCUT2D eigenvalue weighted by Gasteiger charge is -2.30. The Bertz CT molecular complexity index is 1240. The van der Waals surface area contributed by atoms with Gasteiger partial charge in [0, 0.05) is 43.1 Å². The minimum absolute atomic E-state index is 0.0704. The van der Waals surface area contributed by atoms with Crippen molar-refractivity contribution >= 4 is 41.9 Å². The quantitative estimate of drug-likeness (QED) is 0.514. The van der Waals surface area contributed by atoms with Crippen LogP contribution < -0.4 is 5.32 Å². The fourth-order valence-electron chi connectivity index (χ4n) is 4.49. The van der Waals surface area contributed by atoms with Crippen molar-refractivity contribution in [3.05, 3.63) is 58.6 Å². The molecule has 1 N–H and O–H groups in total. The highest BCUT2D eigenvalue weighted by Crippen LogP contribution is 2.25. The molecule has 0 atom stereocenters. The van der Waals surface area contributed by atoms with Gasteiger partial charge in [0.15, 0.2) is 0 Å². The van der Waals surface area contributed by atoms with E-state index in [-0.39, 0.29) is 16.7 Å². The van der Waals surface area contributed by atoms with E-state index in [0.717, 1.165) is 22.9 Å². The van der Waals surface area contributed by atoms with E-state index in [1.54, 1.807) is 48.5 Å². The van der Waals surface area contributed by atoms with Crippen LogP contribution in [0, 0.1) is 5.92 Å². The smallest absolute Gasteiger partial charge is 0.243 e. The molecule has 2 heterocycles. The first-order chi connectivity index (χ1) is 16.7. The third-order valence-corrected chi connectivity index (χ3v) is 11.0. The molecule has 2 aliphatic heterocycles. The maximum absolute atomic E-state index is 12.8. The molecule has 2 fully saturated rings. The van der Waals surface area contributed by atoms with Crippen LogP contribution in [0.15, 0.2) is 62.8 Å². The van der Waals surface area contributed by atoms with Gasteiger partial charge in [-0.2, -0.15) is 8.61 Å². The van der Waals surface area contributed by atoms with Gasteiger partial charge in [-0.15, -0.1) is 0 Å². The molecule has 0 radical (unpaired) electrons. The molecular weight excluding hydrogens is 554 g/mol. The Morgan fingerprint density at radius 2 is 1.29 bits per heavy atom. The predicted molar refractivity (Wildman–Crippen MR) is 137 cm³/mol. The predicted octanol–water partition coefficient (Wildman–Crippen LogP) is 2.99. The third kappa shape index (κ3) is 6.14. The van der Waals surface area contributed by atoms with Gasteiger partial charge in [0.2, 0.25) is 26.0 Å². The fraction of sp³-hybridized carbons (Fsp3) is 0.458. The molecule has 0 aliphatic carbocycles. The van der Waals surface area contributed by atoms with Crippen molar-refractivity contribution in [3.8, 4) is 0 Å². The van der Waals surface area contributed by atoms with Crippen molar-refractivity contribution in [2.75, 3.05) is 32.7 Å². The second kappa shape index (κ2) is 11.1. The summed E-state index contributed by atoms with van der Waals surface area (Å²) in [5.74, 6) is -0.293. The molecule has 11 heteroatoms. The van der Waals surface area contributed by atoms with Gasteiger partial charge in [-0.3, -0.25) is 4.79 Å². The molecule has 4 rings (SSSR count). The molecule has 0 saturated carbocycles. The Morgan fingerprint density at radius 1 is 0.800 bits per heavy atom. The molecule has 2 aliphatic rings. The van der Waals surface area contributed by atoms with Gasteiger partial charge in [0.1, 0.15) is 0 Å². The number of amides is 1. The van der Waals surface area contributed by atoms with Gasteiger partial charge >= 0.3 is 0 Å². The van der Waals surface area contributed by atoms with Crippen LogP contribution in [0.5, 0.6) is 0 Å². The average molecular weight is 585 g/mol. The van der Waals surface area contributed by atoms with Crippen LogP contribution in [0.2, 0.25) is 0 Å². The molecule has 190 valence electrons. The fourth-order valence-corrected chi connectivity index (χ4v) is 7.75. The topological polar surface area (TPSA) is 104 Å². The molecule has 0 aromatic heterocycles. The van der Waals surface area contributed by atoms with E-state index >= 15 is 0 Å². The number of hydrogen-bond donors (Lipinski definition) is 1. The van der Waals surface area contributed by atoms with Crippen molar-refractivity contribution in [2.24, 2.45) is 5.92 Å². The number of piperidine rings is 1. The Morgan fingerprint density at radius 3 is 1.83 bits per heavy atom. The monoisotopic (exact) mass is 583 g/mol. The maximum Gasteiger partial charge on any atom is 0.243 e. The first-order valence-electron chi connectivity index (χ1n) is 11.8. The highest BCUT2D eigenvalue weighted by Gasteiger charge is 2.32. The van der Waals surface area contributed by atoms with Crippen LogP contribution in [0.25, 0.3) is 0 Å². The van der Waals surface area contributed by atoms with Gasteiger partial charge in [-0.05, 0) is 74.1 Å². The van der Waals surface area contributed by atoms with E-state index in [2.05, 4.69) is 21.2 Å². The third-order valence-electron chi connectivity index (χ3n) is 6.62. The molecule has 0 unspecified atom stereocenters. The molecule has 1 amide bonds. The van der Waals surface area contributed by atoms with Crippen molar-refractivity contribution in [1.82, 2.24) is 13.9 Å². The standard InChI is InChI=1S/C24H30BrN3O5S2/c25-21-5-9-23(10-6-21)35(32,33)28-17-12-20(13-18-28)24(29)26-14-11-19-3-7-22(8-4-19)34(30,31)27-15-1-2-16-27/h3-10,20H,1-2,11-18H2,(H,26,29). The summed E-state index contributed by atoms with van der Waals surface area (Å²) >= 11 is 3.31. The summed E-state index contributed by atoms with van der Waals surface area (Å²) in [5.41, 5.74) is 0.945. The van der Waals surface area contributed by atoms with E-state index < -0.39 is 20.0 Å². The lowest BCUT2D eigenvalue weighted by atomic mass is 9.97. The lowest BCUT2D eigenvalue weighted by molar-refractivity contribution is -0.126. The Balaban J connectivity index is 1.24. The van der Waals surface area contributed by atoms with Crippen LogP contribution in [0.1, 0.15) is 31.2 Å². The zero-order valence-corrected chi connectivity index (χ0v) is 22.6. The van der Waals surface area contributed by atoms with Gasteiger partial charge in [0.05, 0.1) is 9.79 Å². The number of nitrogens with one attached hydrogen (secondary N) is 1. The SMILES string of the molecule is O=C(NCCc1ccc(S(=O)(=O)N2CCCC2)cc1)C1CCN(S(=O)(=O)c2ccc(Br)cc2)CC1. The molecule has 35 heavy (non-hydrogen) atoms. The zero-order chi connectivity index (χ0) is 25.1. The lowest BCUT2D eigenvalue weighted by Crippen LogP contribution is -2.43. The minimum Gasteiger partial charge on any atom is -0.356 e. The van der Waals surface area contributed by atoms with E-state index in [0.29, 0.717) is 56.9 Å². The highest BCUT2D eigenvalue weighted by atomic mass is 79.9. The number of rotatable bonds is 8.